The number of aromatic nitrogens is 1. The SMILES string of the molecule is CCCCC1SC(c2ccccc2)=[C]N1c1ccno1. The van der Waals surface area contributed by atoms with Gasteiger partial charge in [-0.15, -0.1) is 0 Å². The standard InChI is InChI=1S/C16H17N2OS/c1-2-3-9-16-18(15-10-11-17-19-15)12-14(20-16)13-7-5-4-6-8-13/h4-8,10-11,16H,2-3,9H2,1H3. The lowest BCUT2D eigenvalue weighted by atomic mass is 10.2. The number of hydrogen-bond donors (Lipinski definition) is 0. The molecule has 0 amide bonds. The topological polar surface area (TPSA) is 29.3 Å². The zero-order valence-electron chi connectivity index (χ0n) is 11.5. The number of hydrogen-bond acceptors (Lipinski definition) is 4. The Kier molecular flexibility index (Phi) is 4.11. The molecule has 0 bridgehead atoms. The van der Waals surface area contributed by atoms with E-state index in [2.05, 4.69) is 47.4 Å². The molecule has 1 aromatic carbocycles. The summed E-state index contributed by atoms with van der Waals surface area (Å²) < 4.78 is 5.30. The van der Waals surface area contributed by atoms with Crippen LogP contribution in [0.15, 0.2) is 47.1 Å². The third-order valence-electron chi connectivity index (χ3n) is 3.27. The zero-order chi connectivity index (χ0) is 13.8. The molecule has 1 aliphatic rings. The van der Waals surface area contributed by atoms with E-state index in [9.17, 15) is 0 Å². The lowest BCUT2D eigenvalue weighted by Gasteiger charge is -2.20. The molecule has 0 saturated carbocycles. The normalized spacial score (nSPS) is 18.4. The Morgan fingerprint density at radius 2 is 2.15 bits per heavy atom. The number of unbranched alkanes of at least 4 members (excludes halogenated alkanes) is 1. The first kappa shape index (κ1) is 13.3. The number of rotatable bonds is 5. The molecule has 1 aliphatic heterocycles. The number of anilines is 1. The van der Waals surface area contributed by atoms with E-state index in [0.717, 1.165) is 12.3 Å². The van der Waals surface area contributed by atoms with Gasteiger partial charge >= 0.3 is 0 Å². The second-order valence-corrected chi connectivity index (χ2v) is 5.93. The van der Waals surface area contributed by atoms with Crippen LogP contribution < -0.4 is 4.90 Å². The van der Waals surface area contributed by atoms with Gasteiger partial charge in [-0.05, 0) is 12.0 Å². The van der Waals surface area contributed by atoms with Crippen molar-refractivity contribution in [3.8, 4) is 0 Å². The van der Waals surface area contributed by atoms with Gasteiger partial charge in [0.05, 0.1) is 17.8 Å². The largest absolute Gasteiger partial charge is 0.338 e. The average molecular weight is 285 g/mol. The molecule has 0 spiro atoms. The lowest BCUT2D eigenvalue weighted by molar-refractivity contribution is 0.418. The van der Waals surface area contributed by atoms with Crippen LogP contribution in [0.4, 0.5) is 5.88 Å². The fraction of sp³-hybridized carbons (Fsp3) is 0.312. The van der Waals surface area contributed by atoms with Gasteiger partial charge in [0.1, 0.15) is 0 Å². The summed E-state index contributed by atoms with van der Waals surface area (Å²) in [6, 6.07) is 12.3. The molecule has 4 heteroatoms. The maximum absolute atomic E-state index is 5.30. The van der Waals surface area contributed by atoms with Gasteiger partial charge in [-0.1, -0.05) is 67.0 Å². The fourth-order valence-electron chi connectivity index (χ4n) is 2.22. The van der Waals surface area contributed by atoms with Crippen LogP contribution in [-0.4, -0.2) is 10.5 Å². The number of thioether (sulfide) groups is 1. The number of nitrogens with zero attached hydrogens (tertiary/aromatic N) is 2. The van der Waals surface area contributed by atoms with Crippen molar-refractivity contribution in [1.29, 1.82) is 0 Å². The van der Waals surface area contributed by atoms with Crippen LogP contribution in [0.2, 0.25) is 0 Å². The van der Waals surface area contributed by atoms with Crippen molar-refractivity contribution in [2.75, 3.05) is 4.90 Å². The van der Waals surface area contributed by atoms with Crippen molar-refractivity contribution < 1.29 is 4.52 Å². The molecule has 1 unspecified atom stereocenters. The minimum Gasteiger partial charge on any atom is -0.338 e. The van der Waals surface area contributed by atoms with E-state index in [0.29, 0.717) is 5.37 Å². The first-order chi connectivity index (χ1) is 9.88. The van der Waals surface area contributed by atoms with E-state index >= 15 is 0 Å². The van der Waals surface area contributed by atoms with Crippen LogP contribution in [0.1, 0.15) is 31.7 Å². The third kappa shape index (κ3) is 2.75. The van der Waals surface area contributed by atoms with Crippen LogP contribution in [0, 0.1) is 6.20 Å². The molecule has 0 aliphatic carbocycles. The van der Waals surface area contributed by atoms with E-state index in [1.807, 2.05) is 23.9 Å². The van der Waals surface area contributed by atoms with Gasteiger partial charge in [-0.2, -0.15) is 0 Å². The predicted molar refractivity (Wildman–Crippen MR) is 83.0 cm³/mol. The molecule has 0 N–H and O–H groups in total. The Morgan fingerprint density at radius 1 is 1.30 bits per heavy atom. The molecule has 3 nitrogen and oxygen atoms in total. The van der Waals surface area contributed by atoms with Crippen molar-refractivity contribution in [2.24, 2.45) is 0 Å². The van der Waals surface area contributed by atoms with E-state index < -0.39 is 0 Å². The fourth-order valence-corrected chi connectivity index (χ4v) is 3.46. The molecule has 3 rings (SSSR count). The first-order valence-corrected chi connectivity index (χ1v) is 7.82. The highest BCUT2D eigenvalue weighted by molar-refractivity contribution is 8.09. The highest BCUT2D eigenvalue weighted by atomic mass is 32.2. The molecular weight excluding hydrogens is 268 g/mol. The first-order valence-electron chi connectivity index (χ1n) is 6.94. The highest BCUT2D eigenvalue weighted by Gasteiger charge is 2.29. The Morgan fingerprint density at radius 3 is 2.85 bits per heavy atom. The summed E-state index contributed by atoms with van der Waals surface area (Å²) in [7, 11) is 0. The van der Waals surface area contributed by atoms with Crippen molar-refractivity contribution >= 4 is 22.6 Å². The molecular formula is C16H17N2OS. The minimum absolute atomic E-state index is 0.345. The maximum atomic E-state index is 5.30. The summed E-state index contributed by atoms with van der Waals surface area (Å²) in [6.07, 6.45) is 8.64. The summed E-state index contributed by atoms with van der Waals surface area (Å²) in [5.41, 5.74) is 1.21. The van der Waals surface area contributed by atoms with E-state index in [-0.39, 0.29) is 0 Å². The van der Waals surface area contributed by atoms with Crippen molar-refractivity contribution in [1.82, 2.24) is 5.16 Å². The smallest absolute Gasteiger partial charge is 0.232 e. The zero-order valence-corrected chi connectivity index (χ0v) is 12.3. The van der Waals surface area contributed by atoms with E-state index in [1.165, 1.54) is 23.3 Å². The maximum Gasteiger partial charge on any atom is 0.232 e. The van der Waals surface area contributed by atoms with Crippen molar-refractivity contribution in [3.63, 3.8) is 0 Å². The molecule has 20 heavy (non-hydrogen) atoms. The van der Waals surface area contributed by atoms with Crippen LogP contribution in [-0.2, 0) is 0 Å². The summed E-state index contributed by atoms with van der Waals surface area (Å²) >= 11 is 1.85. The predicted octanol–water partition coefficient (Wildman–Crippen LogP) is 4.55. The lowest BCUT2D eigenvalue weighted by Crippen LogP contribution is -2.23. The van der Waals surface area contributed by atoms with E-state index in [4.69, 9.17) is 4.52 Å². The van der Waals surface area contributed by atoms with Crippen LogP contribution in [0.25, 0.3) is 4.91 Å². The van der Waals surface area contributed by atoms with Gasteiger partial charge in [-0.25, -0.2) is 0 Å². The summed E-state index contributed by atoms with van der Waals surface area (Å²) in [4.78, 5) is 3.25. The van der Waals surface area contributed by atoms with Crippen molar-refractivity contribution in [2.45, 2.75) is 31.6 Å². The molecule has 2 aromatic rings. The molecule has 1 atom stereocenters. The molecule has 0 saturated heterocycles. The van der Waals surface area contributed by atoms with Gasteiger partial charge in [0, 0.05) is 11.0 Å². The minimum atomic E-state index is 0.345. The molecule has 1 radical (unpaired) electrons. The quantitative estimate of drug-likeness (QED) is 0.806. The molecule has 2 heterocycles. The molecule has 1 aromatic heterocycles. The van der Waals surface area contributed by atoms with Crippen LogP contribution in [0.5, 0.6) is 0 Å². The Hall–Kier alpha value is -1.68. The van der Waals surface area contributed by atoms with E-state index in [1.54, 1.807) is 6.20 Å². The van der Waals surface area contributed by atoms with Crippen LogP contribution in [0.3, 0.4) is 0 Å². The molecule has 0 fully saturated rings. The average Bonchev–Trinajstić information content (AvgIpc) is 3.15. The second-order valence-electron chi connectivity index (χ2n) is 4.74. The monoisotopic (exact) mass is 285 g/mol. The Labute approximate surface area is 123 Å². The second kappa shape index (κ2) is 6.18. The van der Waals surface area contributed by atoms with Crippen LogP contribution >= 0.6 is 11.8 Å². The van der Waals surface area contributed by atoms with Gasteiger partial charge in [0.25, 0.3) is 0 Å². The van der Waals surface area contributed by atoms with Gasteiger partial charge < -0.3 is 4.52 Å². The van der Waals surface area contributed by atoms with Gasteiger partial charge in [0.2, 0.25) is 5.88 Å². The summed E-state index contributed by atoms with van der Waals surface area (Å²) in [5, 5.41) is 4.15. The summed E-state index contributed by atoms with van der Waals surface area (Å²) in [5.74, 6) is 0.768. The number of benzene rings is 1. The highest BCUT2D eigenvalue weighted by Crippen LogP contribution is 2.42. The van der Waals surface area contributed by atoms with Gasteiger partial charge in [0.15, 0.2) is 0 Å². The van der Waals surface area contributed by atoms with Crippen molar-refractivity contribution in [3.05, 3.63) is 54.4 Å². The Balaban J connectivity index is 1.85. The third-order valence-corrected chi connectivity index (χ3v) is 4.55. The van der Waals surface area contributed by atoms with Gasteiger partial charge in [-0.3, -0.25) is 4.90 Å². The Bertz CT molecular complexity index is 565. The molecule has 103 valence electrons. The summed E-state index contributed by atoms with van der Waals surface area (Å²) in [6.45, 7) is 2.22.